The molecule has 54 heavy (non-hydrogen) atoms. The average Bonchev–Trinajstić information content (AvgIpc) is 3.63. The summed E-state index contributed by atoms with van der Waals surface area (Å²) in [6, 6.07) is 7.86. The van der Waals surface area contributed by atoms with Crippen LogP contribution in [0, 0.1) is 22.7 Å². The average molecular weight is 773 g/mol. The molecule has 0 aliphatic carbocycles. The highest BCUT2D eigenvalue weighted by Crippen LogP contribution is 2.35. The Hall–Kier alpha value is -3.20. The van der Waals surface area contributed by atoms with E-state index < -0.39 is 14.2 Å². The molecule has 2 atom stereocenters. The fourth-order valence-electron chi connectivity index (χ4n) is 5.88. The molecule has 0 saturated carbocycles. The van der Waals surface area contributed by atoms with Crippen LogP contribution in [0.2, 0.25) is 0 Å². The first kappa shape index (κ1) is 47.0. The maximum absolute atomic E-state index is 10.2. The molecular formula is C39H65N8O6P. The highest BCUT2D eigenvalue weighted by molar-refractivity contribution is 7.40. The lowest BCUT2D eigenvalue weighted by atomic mass is 9.99. The molecular weight excluding hydrogens is 707 g/mol. The predicted octanol–water partition coefficient (Wildman–Crippen LogP) is 7.31. The number of nitrogens with two attached hydrogens (primary N) is 1. The number of aromatic nitrogens is 3. The van der Waals surface area contributed by atoms with Gasteiger partial charge in [0.2, 0.25) is 0 Å². The quantitative estimate of drug-likeness (QED) is 0.0456. The van der Waals surface area contributed by atoms with Gasteiger partial charge in [-0.15, -0.1) is 0 Å². The molecule has 0 saturated heterocycles. The topological polar surface area (TPSA) is 206 Å². The van der Waals surface area contributed by atoms with Crippen LogP contribution in [0.15, 0.2) is 29.5 Å². The van der Waals surface area contributed by atoms with E-state index in [1.807, 2.05) is 22.9 Å². The van der Waals surface area contributed by atoms with Crippen molar-refractivity contribution in [2.45, 2.75) is 141 Å². The molecule has 0 aromatic carbocycles. The smallest absolute Gasteiger partial charge is 0.329 e. The lowest BCUT2D eigenvalue weighted by Crippen LogP contribution is -2.36. The maximum Gasteiger partial charge on any atom is 0.329 e. The molecule has 2 aromatic heterocycles. The fourth-order valence-corrected chi connectivity index (χ4v) is 6.56. The molecule has 302 valence electrons. The van der Waals surface area contributed by atoms with E-state index in [0.29, 0.717) is 50.7 Å². The molecule has 0 fully saturated rings. The van der Waals surface area contributed by atoms with Crippen molar-refractivity contribution < 1.29 is 28.5 Å². The number of ether oxygens (including phenoxy) is 2. The van der Waals surface area contributed by atoms with E-state index in [9.17, 15) is 10.2 Å². The summed E-state index contributed by atoms with van der Waals surface area (Å²) < 4.78 is 24.0. The second kappa shape index (κ2) is 30.1. The van der Waals surface area contributed by atoms with Crippen molar-refractivity contribution in [2.75, 3.05) is 45.6 Å². The molecule has 15 heteroatoms. The molecule has 0 bridgehead atoms. The van der Waals surface area contributed by atoms with Crippen molar-refractivity contribution in [2.24, 2.45) is 10.7 Å². The summed E-state index contributed by atoms with van der Waals surface area (Å²) in [7, 11) is -0.637. The third-order valence-corrected chi connectivity index (χ3v) is 10.0. The monoisotopic (exact) mass is 772 g/mol. The Labute approximate surface area is 324 Å². The highest BCUT2D eigenvalue weighted by atomic mass is 31.2. The number of aliphatic imine (C=N–C) groups is 1. The van der Waals surface area contributed by atoms with Crippen LogP contribution in [0.3, 0.4) is 0 Å². The second-order valence-corrected chi connectivity index (χ2v) is 14.5. The van der Waals surface area contributed by atoms with Gasteiger partial charge in [0, 0.05) is 26.0 Å². The number of hydrogen-bond donors (Lipinski definition) is 4. The number of aryl methyl sites for hydroxylation is 1. The molecule has 0 amide bonds. The minimum atomic E-state index is -2.11. The molecule has 1 aliphatic heterocycles. The number of methoxy groups -OCH3 is 1. The zero-order chi connectivity index (χ0) is 39.1. The highest BCUT2D eigenvalue weighted by Gasteiger charge is 2.32. The molecule has 1 aliphatic rings. The van der Waals surface area contributed by atoms with Crippen LogP contribution >= 0.6 is 8.60 Å². The Morgan fingerprint density at radius 3 is 2.06 bits per heavy atom. The first-order chi connectivity index (χ1) is 26.4. The number of fused-ring (bicyclic) bond motifs is 1. The van der Waals surface area contributed by atoms with Gasteiger partial charge in [-0.1, -0.05) is 103 Å². The van der Waals surface area contributed by atoms with Crippen LogP contribution in [0.5, 0.6) is 0 Å². The van der Waals surface area contributed by atoms with Gasteiger partial charge >= 0.3 is 8.60 Å². The van der Waals surface area contributed by atoms with E-state index in [1.165, 1.54) is 116 Å². The van der Waals surface area contributed by atoms with Gasteiger partial charge in [0.1, 0.15) is 30.3 Å². The van der Waals surface area contributed by atoms with Crippen molar-refractivity contribution in [1.82, 2.24) is 14.6 Å². The van der Waals surface area contributed by atoms with Crippen LogP contribution in [-0.4, -0.2) is 76.3 Å². The summed E-state index contributed by atoms with van der Waals surface area (Å²) >= 11 is 0. The predicted molar refractivity (Wildman–Crippen MR) is 212 cm³/mol. The summed E-state index contributed by atoms with van der Waals surface area (Å²) in [6.45, 7) is 4.13. The molecule has 2 unspecified atom stereocenters. The Bertz CT molecular complexity index is 1370. The van der Waals surface area contributed by atoms with Gasteiger partial charge in [-0.05, 0) is 37.8 Å². The summed E-state index contributed by atoms with van der Waals surface area (Å²) in [5.41, 5.74) is 10.4. The lowest BCUT2D eigenvalue weighted by molar-refractivity contribution is -0.0111. The van der Waals surface area contributed by atoms with Crippen molar-refractivity contribution in [3.63, 3.8) is 0 Å². The number of nitrogens with zero attached hydrogens (tertiary/aromatic N) is 6. The molecule has 0 spiro atoms. The summed E-state index contributed by atoms with van der Waals surface area (Å²) in [5.74, 6) is 0.477. The fraction of sp³-hybridized carbons (Fsp3) is 0.718. The lowest BCUT2D eigenvalue weighted by Gasteiger charge is -2.26. The summed E-state index contributed by atoms with van der Waals surface area (Å²) in [4.78, 5) is 21.8. The summed E-state index contributed by atoms with van der Waals surface area (Å²) in [6.07, 6.45) is 26.1. The second-order valence-electron chi connectivity index (χ2n) is 13.5. The zero-order valence-corrected chi connectivity index (χ0v) is 33.6. The first-order valence-electron chi connectivity index (χ1n) is 19.8. The van der Waals surface area contributed by atoms with Gasteiger partial charge in [-0.25, -0.2) is 9.98 Å². The van der Waals surface area contributed by atoms with E-state index in [2.05, 4.69) is 33.4 Å². The van der Waals surface area contributed by atoms with Crippen molar-refractivity contribution in [3.8, 4) is 12.1 Å². The van der Waals surface area contributed by atoms with Crippen LogP contribution in [0.25, 0.3) is 0 Å². The van der Waals surface area contributed by atoms with E-state index >= 15 is 0 Å². The number of nitrogens with one attached hydrogen (secondary N) is 1. The molecule has 2 aromatic rings. The standard InChI is InChI=1S/C33H60N5O5P.C6H5N3O/c1-3-4-5-6-7-8-9-10-11-12-13-14-15-16-17-18-24-41-25-19-26-42-44(39)43-28-33(27-34,40-2)23-22-30-20-21-31-32(35)36-29-37-38(30)31;7-1-5-2-9-6(4-10)3-8-5/h20-21,37,39H,3-19,22-26,28-29H2,1-2H3,(H2,35,36);2-3,10H,4H2. The molecule has 0 radical (unpaired) electrons. The van der Waals surface area contributed by atoms with Crippen molar-refractivity contribution in [1.29, 1.82) is 10.5 Å². The molecule has 5 N–H and O–H groups in total. The van der Waals surface area contributed by atoms with Gasteiger partial charge in [-0.2, -0.15) is 10.5 Å². The van der Waals surface area contributed by atoms with Gasteiger partial charge < -0.3 is 39.7 Å². The van der Waals surface area contributed by atoms with Gasteiger partial charge in [0.25, 0.3) is 0 Å². The Kier molecular flexibility index (Phi) is 26.1. The van der Waals surface area contributed by atoms with Crippen LogP contribution in [-0.2, 0) is 31.5 Å². The largest absolute Gasteiger partial charge is 0.390 e. The number of amidine groups is 1. The Morgan fingerprint density at radius 2 is 1.50 bits per heavy atom. The zero-order valence-electron chi connectivity index (χ0n) is 32.7. The van der Waals surface area contributed by atoms with E-state index in [-0.39, 0.29) is 18.9 Å². The van der Waals surface area contributed by atoms with E-state index in [1.54, 1.807) is 0 Å². The number of aliphatic hydroxyl groups excluding tert-OH is 1. The van der Waals surface area contributed by atoms with Gasteiger partial charge in [0.15, 0.2) is 11.3 Å². The minimum Gasteiger partial charge on any atom is -0.390 e. The normalized spacial score (nSPS) is 13.7. The number of nitriles is 2. The van der Waals surface area contributed by atoms with Crippen molar-refractivity contribution >= 4 is 14.4 Å². The Balaban J connectivity index is 0.000000867. The van der Waals surface area contributed by atoms with E-state index in [0.717, 1.165) is 24.4 Å². The summed E-state index contributed by atoms with van der Waals surface area (Å²) in [5, 5.41) is 26.6. The third-order valence-electron chi connectivity index (χ3n) is 9.25. The molecule has 3 heterocycles. The van der Waals surface area contributed by atoms with Crippen molar-refractivity contribution in [3.05, 3.63) is 47.3 Å². The first-order valence-corrected chi connectivity index (χ1v) is 20.9. The number of unbranched alkanes of at least 4 members (excludes halogenated alkanes) is 15. The molecule has 14 nitrogen and oxygen atoms in total. The van der Waals surface area contributed by atoms with Crippen LogP contribution < -0.4 is 11.2 Å². The van der Waals surface area contributed by atoms with Gasteiger partial charge in [0.05, 0.1) is 37.9 Å². The Morgan fingerprint density at radius 1 is 0.870 bits per heavy atom. The number of aliphatic hydroxyl groups is 1. The van der Waals surface area contributed by atoms with Crippen LogP contribution in [0.1, 0.15) is 145 Å². The third kappa shape index (κ3) is 19.9. The minimum absolute atomic E-state index is 0.0947. The SMILES string of the molecule is CCCCCCCCCCCCCCCCCCOCCCOP(O)OCC(C#N)(CCc1ccc2n1NCN=C2N)OC.N#Cc1cnc(CO)cn1. The maximum atomic E-state index is 10.2. The number of hydrogen-bond acceptors (Lipinski definition) is 13. The van der Waals surface area contributed by atoms with Gasteiger partial charge in [-0.3, -0.25) is 9.66 Å². The van der Waals surface area contributed by atoms with E-state index in [4.69, 9.17) is 34.6 Å². The number of rotatable bonds is 30. The molecule has 3 rings (SSSR count). The van der Waals surface area contributed by atoms with Crippen LogP contribution in [0.4, 0.5) is 0 Å².